The zero-order valence-corrected chi connectivity index (χ0v) is 20.0. The number of carboxylic acid groups (broad SMARTS) is 1. The number of nitrogens with zero attached hydrogens (tertiary/aromatic N) is 3. The Balaban J connectivity index is 1.93. The maximum absolute atomic E-state index is 11.6. The number of carboxylic acids is 1. The number of rotatable bonds is 11. The fourth-order valence-electron chi connectivity index (χ4n) is 3.97. The van der Waals surface area contributed by atoms with Gasteiger partial charge in [-0.05, 0) is 28.7 Å². The minimum Gasteiger partial charge on any atom is -0.478 e. The first kappa shape index (κ1) is 24.6. The smallest absolute Gasteiger partial charge is 0.336 e. The molecular weight excluding hydrogens is 418 g/mol. The highest BCUT2D eigenvalue weighted by molar-refractivity contribution is 5.95. The molecule has 0 atom stereocenters. The summed E-state index contributed by atoms with van der Waals surface area (Å²) in [7, 11) is 3.24. The number of carbonyl (C=O) groups is 1. The molecule has 0 spiro atoms. The van der Waals surface area contributed by atoms with E-state index in [-0.39, 0.29) is 5.56 Å². The molecule has 7 heteroatoms. The predicted molar refractivity (Wildman–Crippen MR) is 127 cm³/mol. The SMILES string of the molecule is CCCC(OC)(OC)c1nc(CC(C)C)n(Cc2ccc(-c3ccccc3C(=O)O)cc2)n1. The molecule has 0 amide bonds. The standard InChI is InChI=1S/C26H33N3O4/c1-6-15-26(32-4,33-5)25-27-23(16-18(2)3)29(28-25)17-19-11-13-20(14-12-19)21-9-7-8-10-22(21)24(30)31/h7-14,18H,6,15-17H2,1-5H3,(H,30,31). The summed E-state index contributed by atoms with van der Waals surface area (Å²) in [6.45, 7) is 6.92. The van der Waals surface area contributed by atoms with E-state index in [9.17, 15) is 9.90 Å². The first-order chi connectivity index (χ1) is 15.8. The van der Waals surface area contributed by atoms with Crippen molar-refractivity contribution in [2.24, 2.45) is 5.92 Å². The molecule has 176 valence electrons. The Morgan fingerprint density at radius 1 is 1.09 bits per heavy atom. The highest BCUT2D eigenvalue weighted by Gasteiger charge is 2.36. The average Bonchev–Trinajstić information content (AvgIpc) is 3.19. The Labute approximate surface area is 195 Å². The lowest BCUT2D eigenvalue weighted by Crippen LogP contribution is -2.32. The highest BCUT2D eigenvalue weighted by atomic mass is 16.7. The molecule has 0 unspecified atom stereocenters. The third kappa shape index (κ3) is 5.49. The lowest BCUT2D eigenvalue weighted by Gasteiger charge is -2.27. The van der Waals surface area contributed by atoms with Crippen molar-refractivity contribution in [3.05, 3.63) is 71.3 Å². The summed E-state index contributed by atoms with van der Waals surface area (Å²) in [6.07, 6.45) is 2.31. The van der Waals surface area contributed by atoms with Crippen LogP contribution in [-0.2, 0) is 28.2 Å². The Morgan fingerprint density at radius 2 is 1.76 bits per heavy atom. The van der Waals surface area contributed by atoms with Crippen molar-refractivity contribution in [1.29, 1.82) is 0 Å². The number of aromatic carboxylic acids is 1. The van der Waals surface area contributed by atoms with E-state index >= 15 is 0 Å². The van der Waals surface area contributed by atoms with Gasteiger partial charge in [0.25, 0.3) is 0 Å². The summed E-state index contributed by atoms with van der Waals surface area (Å²) in [5.41, 5.74) is 2.89. The second-order valence-corrected chi connectivity index (χ2v) is 8.57. The van der Waals surface area contributed by atoms with Crippen molar-refractivity contribution in [3.63, 3.8) is 0 Å². The molecule has 1 heterocycles. The molecule has 7 nitrogen and oxygen atoms in total. The summed E-state index contributed by atoms with van der Waals surface area (Å²) in [6, 6.07) is 14.9. The molecule has 3 rings (SSSR count). The number of methoxy groups -OCH3 is 2. The van der Waals surface area contributed by atoms with E-state index in [1.54, 1.807) is 26.4 Å². The molecule has 0 fully saturated rings. The highest BCUT2D eigenvalue weighted by Crippen LogP contribution is 2.30. The summed E-state index contributed by atoms with van der Waals surface area (Å²) < 4.78 is 13.4. The molecule has 0 saturated carbocycles. The predicted octanol–water partition coefficient (Wildman–Crippen LogP) is 5.14. The van der Waals surface area contributed by atoms with Gasteiger partial charge < -0.3 is 14.6 Å². The van der Waals surface area contributed by atoms with Crippen LogP contribution in [-0.4, -0.2) is 40.1 Å². The van der Waals surface area contributed by atoms with Gasteiger partial charge in [-0.2, -0.15) is 0 Å². The normalized spacial score (nSPS) is 11.8. The van der Waals surface area contributed by atoms with Gasteiger partial charge in [0.2, 0.25) is 11.6 Å². The van der Waals surface area contributed by atoms with Gasteiger partial charge in [0.15, 0.2) is 0 Å². The van der Waals surface area contributed by atoms with Crippen LogP contribution in [0, 0.1) is 5.92 Å². The van der Waals surface area contributed by atoms with Gasteiger partial charge in [-0.1, -0.05) is 69.7 Å². The zero-order valence-electron chi connectivity index (χ0n) is 20.0. The molecule has 3 aromatic rings. The van der Waals surface area contributed by atoms with E-state index in [4.69, 9.17) is 19.6 Å². The van der Waals surface area contributed by atoms with Crippen molar-refractivity contribution in [3.8, 4) is 11.1 Å². The number of hydrogen-bond donors (Lipinski definition) is 1. The summed E-state index contributed by atoms with van der Waals surface area (Å²) >= 11 is 0. The molecule has 1 aromatic heterocycles. The largest absolute Gasteiger partial charge is 0.478 e. The second-order valence-electron chi connectivity index (χ2n) is 8.57. The van der Waals surface area contributed by atoms with E-state index in [1.165, 1.54) is 0 Å². The van der Waals surface area contributed by atoms with Crippen LogP contribution in [0.5, 0.6) is 0 Å². The van der Waals surface area contributed by atoms with Crippen LogP contribution in [0.1, 0.15) is 61.2 Å². The van der Waals surface area contributed by atoms with E-state index in [0.717, 1.165) is 29.8 Å². The molecule has 0 bridgehead atoms. The lowest BCUT2D eigenvalue weighted by atomic mass is 9.99. The molecule has 33 heavy (non-hydrogen) atoms. The average molecular weight is 452 g/mol. The van der Waals surface area contributed by atoms with Gasteiger partial charge in [0.1, 0.15) is 5.82 Å². The number of benzene rings is 2. The van der Waals surface area contributed by atoms with E-state index in [1.807, 2.05) is 41.1 Å². The van der Waals surface area contributed by atoms with Crippen molar-refractivity contribution in [2.45, 2.75) is 52.4 Å². The lowest BCUT2D eigenvalue weighted by molar-refractivity contribution is -0.225. The van der Waals surface area contributed by atoms with Crippen LogP contribution in [0.4, 0.5) is 0 Å². The summed E-state index contributed by atoms with van der Waals surface area (Å²) in [5.74, 6) is -0.0564. The summed E-state index contributed by atoms with van der Waals surface area (Å²) in [5, 5.41) is 14.3. The monoisotopic (exact) mass is 451 g/mol. The van der Waals surface area contributed by atoms with E-state index < -0.39 is 11.8 Å². The molecule has 0 aliphatic carbocycles. The summed E-state index contributed by atoms with van der Waals surface area (Å²) in [4.78, 5) is 16.4. The van der Waals surface area contributed by atoms with Gasteiger partial charge in [0, 0.05) is 27.1 Å². The quantitative estimate of drug-likeness (QED) is 0.407. The molecule has 0 radical (unpaired) electrons. The van der Waals surface area contributed by atoms with Crippen molar-refractivity contribution < 1.29 is 19.4 Å². The Bertz CT molecular complexity index is 1070. The van der Waals surface area contributed by atoms with Crippen LogP contribution in [0.25, 0.3) is 11.1 Å². The van der Waals surface area contributed by atoms with Gasteiger partial charge in [-0.25, -0.2) is 14.5 Å². The molecular formula is C26H33N3O4. The van der Waals surface area contributed by atoms with Crippen molar-refractivity contribution in [1.82, 2.24) is 14.8 Å². The van der Waals surface area contributed by atoms with Gasteiger partial charge in [0.05, 0.1) is 12.1 Å². The third-order valence-corrected chi connectivity index (χ3v) is 5.67. The molecule has 1 N–H and O–H groups in total. The number of hydrogen-bond acceptors (Lipinski definition) is 5. The topological polar surface area (TPSA) is 86.5 Å². The maximum Gasteiger partial charge on any atom is 0.336 e. The van der Waals surface area contributed by atoms with Gasteiger partial charge >= 0.3 is 5.97 Å². The fourth-order valence-corrected chi connectivity index (χ4v) is 3.97. The zero-order chi connectivity index (χ0) is 24.0. The van der Waals surface area contributed by atoms with Crippen LogP contribution in [0.3, 0.4) is 0 Å². The first-order valence-electron chi connectivity index (χ1n) is 11.3. The van der Waals surface area contributed by atoms with Crippen LogP contribution >= 0.6 is 0 Å². The molecule has 0 aliphatic rings. The van der Waals surface area contributed by atoms with Gasteiger partial charge in [-0.15, -0.1) is 5.10 Å². The van der Waals surface area contributed by atoms with E-state index in [0.29, 0.717) is 30.3 Å². The van der Waals surface area contributed by atoms with Crippen LogP contribution < -0.4 is 0 Å². The maximum atomic E-state index is 11.6. The Morgan fingerprint density at radius 3 is 2.33 bits per heavy atom. The van der Waals surface area contributed by atoms with Crippen LogP contribution in [0.15, 0.2) is 48.5 Å². The second kappa shape index (κ2) is 10.7. The van der Waals surface area contributed by atoms with Crippen molar-refractivity contribution in [2.75, 3.05) is 14.2 Å². The fraction of sp³-hybridized carbons (Fsp3) is 0.423. The first-order valence-corrected chi connectivity index (χ1v) is 11.3. The Kier molecular flexibility index (Phi) is 8.00. The van der Waals surface area contributed by atoms with Crippen LogP contribution in [0.2, 0.25) is 0 Å². The van der Waals surface area contributed by atoms with Gasteiger partial charge in [-0.3, -0.25) is 0 Å². The molecule has 0 aliphatic heterocycles. The minimum atomic E-state index is -0.962. The third-order valence-electron chi connectivity index (χ3n) is 5.67. The number of ether oxygens (including phenoxy) is 2. The molecule has 0 saturated heterocycles. The minimum absolute atomic E-state index is 0.289. The molecule has 2 aromatic carbocycles. The Hall–Kier alpha value is -3.03. The van der Waals surface area contributed by atoms with E-state index in [2.05, 4.69) is 20.8 Å². The number of aromatic nitrogens is 3. The van der Waals surface area contributed by atoms with Crippen molar-refractivity contribution >= 4 is 5.97 Å².